The van der Waals surface area contributed by atoms with E-state index in [1.807, 2.05) is 6.92 Å². The quantitative estimate of drug-likeness (QED) is 0.783. The van der Waals surface area contributed by atoms with Crippen LogP contribution in [-0.2, 0) is 6.54 Å². The van der Waals surface area contributed by atoms with E-state index < -0.39 is 0 Å². The SMILES string of the molecule is CCCn1ncc(Cl)c1C(=O)c1ccc(OC)nn1. The summed E-state index contributed by atoms with van der Waals surface area (Å²) in [5.41, 5.74) is 0.545. The molecule has 19 heavy (non-hydrogen) atoms. The van der Waals surface area contributed by atoms with Crippen molar-refractivity contribution in [2.75, 3.05) is 7.11 Å². The minimum Gasteiger partial charge on any atom is -0.480 e. The van der Waals surface area contributed by atoms with E-state index in [0.717, 1.165) is 6.42 Å². The van der Waals surface area contributed by atoms with Crippen LogP contribution in [0.15, 0.2) is 18.3 Å². The van der Waals surface area contributed by atoms with E-state index in [1.165, 1.54) is 13.3 Å². The van der Waals surface area contributed by atoms with Gasteiger partial charge in [-0.2, -0.15) is 5.10 Å². The summed E-state index contributed by atoms with van der Waals surface area (Å²) in [6.45, 7) is 2.62. The van der Waals surface area contributed by atoms with Gasteiger partial charge in [-0.25, -0.2) is 0 Å². The van der Waals surface area contributed by atoms with Crippen LogP contribution in [-0.4, -0.2) is 32.9 Å². The van der Waals surface area contributed by atoms with Gasteiger partial charge in [-0.15, -0.1) is 10.2 Å². The number of methoxy groups -OCH3 is 1. The highest BCUT2D eigenvalue weighted by Crippen LogP contribution is 2.19. The molecule has 0 saturated heterocycles. The van der Waals surface area contributed by atoms with Crippen molar-refractivity contribution in [2.24, 2.45) is 0 Å². The molecule has 0 aromatic carbocycles. The molecule has 0 radical (unpaired) electrons. The summed E-state index contributed by atoms with van der Waals surface area (Å²) in [5, 5.41) is 12.0. The number of aryl methyl sites for hydroxylation is 1. The number of rotatable bonds is 5. The Hall–Kier alpha value is -1.95. The zero-order chi connectivity index (χ0) is 13.8. The average Bonchev–Trinajstić information content (AvgIpc) is 2.80. The maximum Gasteiger partial charge on any atom is 0.233 e. The molecule has 2 aromatic rings. The van der Waals surface area contributed by atoms with Crippen molar-refractivity contribution in [1.29, 1.82) is 0 Å². The number of halogens is 1. The zero-order valence-corrected chi connectivity index (χ0v) is 11.4. The molecule has 0 aliphatic carbocycles. The third-order valence-corrected chi connectivity index (χ3v) is 2.80. The van der Waals surface area contributed by atoms with Gasteiger partial charge in [-0.05, 0) is 12.5 Å². The van der Waals surface area contributed by atoms with Gasteiger partial charge in [0.1, 0.15) is 11.4 Å². The molecule has 0 unspecified atom stereocenters. The van der Waals surface area contributed by atoms with Gasteiger partial charge in [-0.3, -0.25) is 9.48 Å². The van der Waals surface area contributed by atoms with E-state index in [0.29, 0.717) is 23.1 Å². The predicted molar refractivity (Wildman–Crippen MR) is 69.5 cm³/mol. The first-order valence-electron chi connectivity index (χ1n) is 5.81. The lowest BCUT2D eigenvalue weighted by Crippen LogP contribution is -2.13. The fourth-order valence-electron chi connectivity index (χ4n) is 1.64. The summed E-state index contributed by atoms with van der Waals surface area (Å²) < 4.78 is 6.48. The van der Waals surface area contributed by atoms with Crippen LogP contribution in [0.4, 0.5) is 0 Å². The second-order valence-corrected chi connectivity index (χ2v) is 4.26. The molecule has 0 spiro atoms. The van der Waals surface area contributed by atoms with Crippen LogP contribution in [0.25, 0.3) is 0 Å². The lowest BCUT2D eigenvalue weighted by molar-refractivity contribution is 0.102. The number of carbonyl (C=O) groups excluding carboxylic acids is 1. The number of hydrogen-bond acceptors (Lipinski definition) is 5. The summed E-state index contributed by atoms with van der Waals surface area (Å²) in [7, 11) is 1.48. The number of carbonyl (C=O) groups is 1. The Labute approximate surface area is 115 Å². The van der Waals surface area contributed by atoms with Crippen LogP contribution in [0.2, 0.25) is 5.02 Å². The molecule has 0 N–H and O–H groups in total. The minimum atomic E-state index is -0.300. The van der Waals surface area contributed by atoms with Gasteiger partial charge < -0.3 is 4.74 Å². The van der Waals surface area contributed by atoms with Crippen molar-refractivity contribution in [3.05, 3.63) is 34.7 Å². The van der Waals surface area contributed by atoms with Crippen molar-refractivity contribution in [1.82, 2.24) is 20.0 Å². The zero-order valence-electron chi connectivity index (χ0n) is 10.6. The van der Waals surface area contributed by atoms with E-state index in [9.17, 15) is 4.79 Å². The Kier molecular flexibility index (Phi) is 4.11. The summed E-state index contributed by atoms with van der Waals surface area (Å²) in [6, 6.07) is 3.13. The molecule has 2 rings (SSSR count). The van der Waals surface area contributed by atoms with Crippen LogP contribution in [0, 0.1) is 0 Å². The summed E-state index contributed by atoms with van der Waals surface area (Å²) in [4.78, 5) is 12.3. The Morgan fingerprint density at radius 2 is 2.21 bits per heavy atom. The molecule has 0 bridgehead atoms. The molecule has 7 heteroatoms. The molecule has 6 nitrogen and oxygen atoms in total. The number of ketones is 1. The molecule has 0 amide bonds. The number of hydrogen-bond donors (Lipinski definition) is 0. The van der Waals surface area contributed by atoms with Gasteiger partial charge in [0.05, 0.1) is 18.3 Å². The van der Waals surface area contributed by atoms with Crippen LogP contribution in [0.1, 0.15) is 29.5 Å². The Morgan fingerprint density at radius 3 is 2.79 bits per heavy atom. The Morgan fingerprint density at radius 1 is 1.42 bits per heavy atom. The first-order chi connectivity index (χ1) is 9.17. The van der Waals surface area contributed by atoms with Gasteiger partial charge in [0.25, 0.3) is 0 Å². The van der Waals surface area contributed by atoms with Gasteiger partial charge in [0, 0.05) is 12.6 Å². The van der Waals surface area contributed by atoms with Gasteiger partial charge >= 0.3 is 0 Å². The molecule has 2 aromatic heterocycles. The van der Waals surface area contributed by atoms with E-state index in [4.69, 9.17) is 16.3 Å². The number of ether oxygens (including phenoxy) is 1. The van der Waals surface area contributed by atoms with Crippen LogP contribution in [0.3, 0.4) is 0 Å². The second-order valence-electron chi connectivity index (χ2n) is 3.85. The summed E-state index contributed by atoms with van der Waals surface area (Å²) >= 11 is 6.01. The highest BCUT2D eigenvalue weighted by Gasteiger charge is 2.20. The standard InChI is InChI=1S/C12H13ClN4O2/c1-3-6-17-11(8(13)7-14-17)12(18)9-4-5-10(19-2)16-15-9/h4-5,7H,3,6H2,1-2H3. The molecule has 100 valence electrons. The van der Waals surface area contributed by atoms with Crippen LogP contribution in [0.5, 0.6) is 5.88 Å². The molecule has 0 atom stereocenters. The van der Waals surface area contributed by atoms with Crippen molar-refractivity contribution >= 4 is 17.4 Å². The minimum absolute atomic E-state index is 0.209. The van der Waals surface area contributed by atoms with Gasteiger partial charge in [-0.1, -0.05) is 18.5 Å². The monoisotopic (exact) mass is 280 g/mol. The summed E-state index contributed by atoms with van der Waals surface area (Å²) in [5.74, 6) is 0.0517. The van der Waals surface area contributed by atoms with E-state index in [-0.39, 0.29) is 11.5 Å². The molecule has 0 aliphatic heterocycles. The van der Waals surface area contributed by atoms with E-state index in [1.54, 1.807) is 16.8 Å². The smallest absolute Gasteiger partial charge is 0.233 e. The lowest BCUT2D eigenvalue weighted by atomic mass is 10.2. The first-order valence-corrected chi connectivity index (χ1v) is 6.19. The molecule has 0 aliphatic rings. The van der Waals surface area contributed by atoms with E-state index >= 15 is 0 Å². The van der Waals surface area contributed by atoms with Crippen molar-refractivity contribution < 1.29 is 9.53 Å². The predicted octanol–water partition coefficient (Wildman–Crippen LogP) is 1.98. The normalized spacial score (nSPS) is 10.5. The molecule has 0 saturated carbocycles. The maximum absolute atomic E-state index is 12.3. The molecule has 0 fully saturated rings. The third-order valence-electron chi connectivity index (χ3n) is 2.53. The van der Waals surface area contributed by atoms with Crippen molar-refractivity contribution in [3.63, 3.8) is 0 Å². The lowest BCUT2D eigenvalue weighted by Gasteiger charge is -2.05. The highest BCUT2D eigenvalue weighted by molar-refractivity contribution is 6.34. The van der Waals surface area contributed by atoms with Crippen LogP contribution >= 0.6 is 11.6 Å². The van der Waals surface area contributed by atoms with E-state index in [2.05, 4.69) is 15.3 Å². The third kappa shape index (κ3) is 2.73. The largest absolute Gasteiger partial charge is 0.480 e. The fourth-order valence-corrected chi connectivity index (χ4v) is 1.87. The fraction of sp³-hybridized carbons (Fsp3) is 0.333. The summed E-state index contributed by atoms with van der Waals surface area (Å²) in [6.07, 6.45) is 2.31. The van der Waals surface area contributed by atoms with Gasteiger partial charge in [0.15, 0.2) is 0 Å². The Bertz CT molecular complexity index is 580. The van der Waals surface area contributed by atoms with Gasteiger partial charge in [0.2, 0.25) is 11.7 Å². The topological polar surface area (TPSA) is 69.9 Å². The van der Waals surface area contributed by atoms with Crippen molar-refractivity contribution in [3.8, 4) is 5.88 Å². The molecular weight excluding hydrogens is 268 g/mol. The van der Waals surface area contributed by atoms with Crippen molar-refractivity contribution in [2.45, 2.75) is 19.9 Å². The molecular formula is C12H13ClN4O2. The Balaban J connectivity index is 2.34. The second kappa shape index (κ2) is 5.79. The first kappa shape index (κ1) is 13.5. The maximum atomic E-state index is 12.3. The molecule has 2 heterocycles. The number of aromatic nitrogens is 4. The highest BCUT2D eigenvalue weighted by atomic mass is 35.5. The average molecular weight is 281 g/mol. The van der Waals surface area contributed by atoms with Crippen LogP contribution < -0.4 is 4.74 Å². The number of nitrogens with zero attached hydrogens (tertiary/aromatic N) is 4.